The van der Waals surface area contributed by atoms with Crippen LogP contribution in [0.15, 0.2) is 5.16 Å². The van der Waals surface area contributed by atoms with Crippen LogP contribution in [0, 0.1) is 5.41 Å². The number of hydrogen-bond acceptors (Lipinski definition) is 4. The molecule has 0 aliphatic heterocycles. The van der Waals surface area contributed by atoms with Crippen LogP contribution in [0.4, 0.5) is 13.2 Å². The minimum Gasteiger partial charge on any atom is -0.409 e. The fourth-order valence-corrected chi connectivity index (χ4v) is 1.23. The molecule has 100 valence electrons. The zero-order valence-corrected chi connectivity index (χ0v) is 10.2. The van der Waals surface area contributed by atoms with E-state index in [4.69, 9.17) is 10.9 Å². The van der Waals surface area contributed by atoms with Crippen LogP contribution in [-0.2, 0) is 4.79 Å². The number of amides is 1. The molecule has 0 heterocycles. The summed E-state index contributed by atoms with van der Waals surface area (Å²) < 4.78 is 35.3. The lowest BCUT2D eigenvalue weighted by Gasteiger charge is -2.21. The molecule has 0 aromatic rings. The number of halogens is 3. The molecule has 0 unspecified atom stereocenters. The first-order valence-electron chi connectivity index (χ1n) is 4.58. The normalized spacial score (nSPS) is 13.6. The summed E-state index contributed by atoms with van der Waals surface area (Å²) in [5.74, 6) is -1.20. The summed E-state index contributed by atoms with van der Waals surface area (Å²) in [5, 5.41) is 13.4. The van der Waals surface area contributed by atoms with Gasteiger partial charge in [0.1, 0.15) is 5.41 Å². The molecule has 0 aromatic carbocycles. The average Bonchev–Trinajstić information content (AvgIpc) is 2.21. The topological polar surface area (TPSA) is 87.7 Å². The third kappa shape index (κ3) is 5.66. The first-order chi connectivity index (χ1) is 7.61. The van der Waals surface area contributed by atoms with Crippen LogP contribution in [0.5, 0.6) is 0 Å². The van der Waals surface area contributed by atoms with Crippen molar-refractivity contribution in [2.45, 2.75) is 19.4 Å². The molecule has 0 aromatic heterocycles. The molecular weight excluding hydrogens is 259 g/mol. The molecule has 0 radical (unpaired) electrons. The molecule has 0 rings (SSSR count). The number of nitrogens with zero attached hydrogens (tertiary/aromatic N) is 1. The molecule has 4 N–H and O–H groups in total. The summed E-state index contributed by atoms with van der Waals surface area (Å²) in [6.45, 7) is 2.65. The zero-order valence-electron chi connectivity index (χ0n) is 9.34. The Labute approximate surface area is 101 Å². The van der Waals surface area contributed by atoms with E-state index in [1.54, 1.807) is 0 Å². The highest BCUT2D eigenvalue weighted by Gasteiger charge is 2.33. The molecule has 17 heavy (non-hydrogen) atoms. The van der Waals surface area contributed by atoms with Gasteiger partial charge in [0.05, 0.1) is 0 Å². The van der Waals surface area contributed by atoms with Crippen molar-refractivity contribution < 1.29 is 23.2 Å². The first kappa shape index (κ1) is 15.9. The molecule has 1 amide bonds. The Hall–Kier alpha value is -1.12. The van der Waals surface area contributed by atoms with E-state index in [1.165, 1.54) is 13.8 Å². The maximum Gasteiger partial charge on any atom is 0.441 e. The number of hydrogen-bond donors (Lipinski definition) is 3. The predicted molar refractivity (Wildman–Crippen MR) is 58.7 cm³/mol. The number of amidine groups is 1. The Bertz CT molecular complexity index is 305. The summed E-state index contributed by atoms with van der Waals surface area (Å²) in [6.07, 6.45) is 0. The number of nitrogens with two attached hydrogens (primary N) is 1. The van der Waals surface area contributed by atoms with E-state index in [2.05, 4.69) is 10.5 Å². The van der Waals surface area contributed by atoms with Gasteiger partial charge >= 0.3 is 5.51 Å². The van der Waals surface area contributed by atoms with E-state index in [1.807, 2.05) is 0 Å². The van der Waals surface area contributed by atoms with E-state index in [0.717, 1.165) is 0 Å². The highest BCUT2D eigenvalue weighted by molar-refractivity contribution is 8.00. The van der Waals surface area contributed by atoms with Crippen LogP contribution >= 0.6 is 11.8 Å². The third-order valence-corrected chi connectivity index (χ3v) is 2.70. The average molecular weight is 273 g/mol. The van der Waals surface area contributed by atoms with Crippen molar-refractivity contribution in [3.8, 4) is 0 Å². The summed E-state index contributed by atoms with van der Waals surface area (Å²) in [7, 11) is 0. The second-order valence-corrected chi connectivity index (χ2v) is 4.82. The molecule has 0 atom stereocenters. The number of alkyl halides is 3. The summed E-state index contributed by atoms with van der Waals surface area (Å²) in [5.41, 5.74) is -0.301. The van der Waals surface area contributed by atoms with Crippen molar-refractivity contribution in [1.29, 1.82) is 0 Å². The van der Waals surface area contributed by atoms with Gasteiger partial charge in [0.2, 0.25) is 5.91 Å². The van der Waals surface area contributed by atoms with Crippen LogP contribution in [0.3, 0.4) is 0 Å². The standard InChI is InChI=1S/C8H14F3N3O2S/c1-7(2,5(12)14-16)6(15)13-3-4-17-8(9,10)11/h16H,3-4H2,1-2H3,(H2,12,14)(H,13,15). The van der Waals surface area contributed by atoms with Gasteiger partial charge in [-0.15, -0.1) is 0 Å². The Morgan fingerprint density at radius 1 is 1.47 bits per heavy atom. The zero-order chi connectivity index (χ0) is 13.7. The van der Waals surface area contributed by atoms with Gasteiger partial charge in [-0.1, -0.05) is 5.16 Å². The number of thioether (sulfide) groups is 1. The Balaban J connectivity index is 4.12. The highest BCUT2D eigenvalue weighted by atomic mass is 32.2. The molecule has 5 nitrogen and oxygen atoms in total. The second kappa shape index (κ2) is 5.99. The number of oxime groups is 1. The van der Waals surface area contributed by atoms with E-state index >= 15 is 0 Å². The van der Waals surface area contributed by atoms with E-state index in [0.29, 0.717) is 0 Å². The van der Waals surface area contributed by atoms with Crippen LogP contribution in [0.1, 0.15) is 13.8 Å². The molecule has 0 aliphatic carbocycles. The van der Waals surface area contributed by atoms with Crippen molar-refractivity contribution in [1.82, 2.24) is 5.32 Å². The molecule has 0 spiro atoms. The molecule has 0 fully saturated rings. The Morgan fingerprint density at radius 3 is 2.41 bits per heavy atom. The van der Waals surface area contributed by atoms with Gasteiger partial charge in [-0.2, -0.15) is 13.2 Å². The van der Waals surface area contributed by atoms with Crippen molar-refractivity contribution >= 4 is 23.5 Å². The van der Waals surface area contributed by atoms with Gasteiger partial charge in [0.15, 0.2) is 5.84 Å². The molecule has 0 saturated carbocycles. The second-order valence-electron chi connectivity index (χ2n) is 3.66. The number of rotatable bonds is 5. The Kier molecular flexibility index (Phi) is 5.59. The third-order valence-electron chi connectivity index (χ3n) is 1.97. The minimum absolute atomic E-state index is 0.148. The molecule has 0 bridgehead atoms. The van der Waals surface area contributed by atoms with Gasteiger partial charge in [-0.05, 0) is 25.6 Å². The fourth-order valence-electron chi connectivity index (χ4n) is 0.794. The quantitative estimate of drug-likeness (QED) is 0.230. The van der Waals surface area contributed by atoms with Gasteiger partial charge in [-0.25, -0.2) is 0 Å². The van der Waals surface area contributed by atoms with Crippen LogP contribution in [0.25, 0.3) is 0 Å². The maximum atomic E-state index is 11.8. The van der Waals surface area contributed by atoms with E-state index in [-0.39, 0.29) is 29.9 Å². The van der Waals surface area contributed by atoms with Gasteiger partial charge < -0.3 is 16.3 Å². The lowest BCUT2D eigenvalue weighted by molar-refractivity contribution is -0.126. The molecule has 0 aliphatic rings. The van der Waals surface area contributed by atoms with Crippen LogP contribution < -0.4 is 11.1 Å². The van der Waals surface area contributed by atoms with Crippen molar-refractivity contribution in [3.63, 3.8) is 0 Å². The Morgan fingerprint density at radius 2 is 2.00 bits per heavy atom. The largest absolute Gasteiger partial charge is 0.441 e. The van der Waals surface area contributed by atoms with Crippen molar-refractivity contribution in [3.05, 3.63) is 0 Å². The van der Waals surface area contributed by atoms with Gasteiger partial charge in [0.25, 0.3) is 0 Å². The van der Waals surface area contributed by atoms with Crippen molar-refractivity contribution in [2.24, 2.45) is 16.3 Å². The van der Waals surface area contributed by atoms with E-state index in [9.17, 15) is 18.0 Å². The SMILES string of the molecule is CC(C)(C(=O)NCCSC(F)(F)F)C(N)=NO. The van der Waals surface area contributed by atoms with Crippen molar-refractivity contribution in [2.75, 3.05) is 12.3 Å². The predicted octanol–water partition coefficient (Wildman–Crippen LogP) is 1.13. The van der Waals surface area contributed by atoms with Crippen LogP contribution in [-0.4, -0.2) is 34.8 Å². The maximum absolute atomic E-state index is 11.8. The number of carbonyl (C=O) groups is 1. The fraction of sp³-hybridized carbons (Fsp3) is 0.750. The minimum atomic E-state index is -4.31. The first-order valence-corrected chi connectivity index (χ1v) is 5.57. The van der Waals surface area contributed by atoms with Gasteiger partial charge in [-0.3, -0.25) is 4.79 Å². The van der Waals surface area contributed by atoms with Gasteiger partial charge in [0, 0.05) is 12.3 Å². The molecule has 0 saturated heterocycles. The summed E-state index contributed by atoms with van der Waals surface area (Å²) in [6, 6.07) is 0. The molecular formula is C8H14F3N3O2S. The monoisotopic (exact) mass is 273 g/mol. The molecule has 9 heteroatoms. The number of carbonyl (C=O) groups excluding carboxylic acids is 1. The highest BCUT2D eigenvalue weighted by Crippen LogP contribution is 2.29. The van der Waals surface area contributed by atoms with Crippen LogP contribution in [0.2, 0.25) is 0 Å². The smallest absolute Gasteiger partial charge is 0.409 e. The summed E-state index contributed by atoms with van der Waals surface area (Å²) in [4.78, 5) is 11.5. The summed E-state index contributed by atoms with van der Waals surface area (Å²) >= 11 is -0.225. The van der Waals surface area contributed by atoms with E-state index < -0.39 is 16.8 Å². The lowest BCUT2D eigenvalue weighted by Crippen LogP contribution is -2.46. The lowest BCUT2D eigenvalue weighted by atomic mass is 9.91. The number of nitrogens with one attached hydrogen (secondary N) is 1.